The van der Waals surface area contributed by atoms with Crippen LogP contribution in [0.2, 0.25) is 0 Å². The number of carboxylic acid groups (broad SMARTS) is 1. The second kappa shape index (κ2) is 5.73. The van der Waals surface area contributed by atoms with Crippen LogP contribution in [0.3, 0.4) is 0 Å². The Labute approximate surface area is 123 Å². The van der Waals surface area contributed by atoms with E-state index in [-0.39, 0.29) is 18.1 Å². The molecule has 2 unspecified atom stereocenters. The molecule has 1 saturated heterocycles. The molecule has 3 N–H and O–H groups in total. The molecule has 0 aromatic carbocycles. The first-order valence-corrected chi connectivity index (χ1v) is 7.62. The summed E-state index contributed by atoms with van der Waals surface area (Å²) in [6.07, 6.45) is 9.26. The van der Waals surface area contributed by atoms with Gasteiger partial charge in [0.15, 0.2) is 0 Å². The molecule has 0 bridgehead atoms. The Morgan fingerprint density at radius 1 is 1.52 bits per heavy atom. The van der Waals surface area contributed by atoms with Crippen LogP contribution >= 0.6 is 0 Å². The molecule has 7 heteroatoms. The van der Waals surface area contributed by atoms with Crippen molar-refractivity contribution in [3.63, 3.8) is 0 Å². The van der Waals surface area contributed by atoms with E-state index in [1.165, 1.54) is 25.7 Å². The first kappa shape index (κ1) is 14.5. The van der Waals surface area contributed by atoms with Crippen LogP contribution in [0.25, 0.3) is 0 Å². The summed E-state index contributed by atoms with van der Waals surface area (Å²) in [5.74, 6) is -1.02. The van der Waals surface area contributed by atoms with Crippen LogP contribution in [-0.4, -0.2) is 43.8 Å². The molecule has 21 heavy (non-hydrogen) atoms. The lowest BCUT2D eigenvalue weighted by atomic mass is 9.98. The Morgan fingerprint density at radius 3 is 3.00 bits per heavy atom. The first-order valence-electron chi connectivity index (χ1n) is 7.62. The summed E-state index contributed by atoms with van der Waals surface area (Å²) in [4.78, 5) is 10.7. The molecule has 7 nitrogen and oxygen atoms in total. The fourth-order valence-electron chi connectivity index (χ4n) is 3.45. The summed E-state index contributed by atoms with van der Waals surface area (Å²) in [7, 11) is 0. The van der Waals surface area contributed by atoms with Gasteiger partial charge in [-0.1, -0.05) is 18.1 Å². The number of aliphatic carboxylic acids is 1. The number of rotatable bonds is 5. The number of hydrogen-bond acceptors (Lipinski definition) is 5. The summed E-state index contributed by atoms with van der Waals surface area (Å²) in [5.41, 5.74) is 6.23. The first-order chi connectivity index (χ1) is 10.1. The molecule has 0 amide bonds. The van der Waals surface area contributed by atoms with Crippen LogP contribution in [0.5, 0.6) is 0 Å². The van der Waals surface area contributed by atoms with E-state index in [9.17, 15) is 4.79 Å². The number of nitrogens with two attached hydrogens (primary N) is 1. The lowest BCUT2D eigenvalue weighted by Crippen LogP contribution is -2.32. The zero-order valence-corrected chi connectivity index (χ0v) is 12.1. The second-order valence-corrected chi connectivity index (χ2v) is 6.25. The van der Waals surface area contributed by atoms with Gasteiger partial charge in [-0.2, -0.15) is 0 Å². The summed E-state index contributed by atoms with van der Waals surface area (Å²) in [5, 5.41) is 16.8. The quantitative estimate of drug-likeness (QED) is 0.829. The van der Waals surface area contributed by atoms with Crippen molar-refractivity contribution in [3.05, 3.63) is 11.9 Å². The fourth-order valence-corrected chi connectivity index (χ4v) is 3.45. The van der Waals surface area contributed by atoms with Crippen LogP contribution in [0.4, 0.5) is 0 Å². The van der Waals surface area contributed by atoms with Crippen molar-refractivity contribution in [2.45, 2.75) is 69.2 Å². The minimum absolute atomic E-state index is 0.125. The molecule has 1 aliphatic carbocycles. The topological polar surface area (TPSA) is 103 Å². The Balaban J connectivity index is 1.54. The molecule has 2 fully saturated rings. The van der Waals surface area contributed by atoms with E-state index in [1.54, 1.807) is 10.9 Å². The van der Waals surface area contributed by atoms with Gasteiger partial charge in [-0.15, -0.1) is 5.10 Å². The van der Waals surface area contributed by atoms with Crippen molar-refractivity contribution in [2.75, 3.05) is 0 Å². The Hall–Kier alpha value is -1.47. The highest BCUT2D eigenvalue weighted by Gasteiger charge is 2.42. The molecule has 1 aromatic rings. The van der Waals surface area contributed by atoms with E-state index in [2.05, 4.69) is 10.3 Å². The molecule has 116 valence electrons. The van der Waals surface area contributed by atoms with Gasteiger partial charge in [-0.3, -0.25) is 4.79 Å². The van der Waals surface area contributed by atoms with Crippen LogP contribution < -0.4 is 5.73 Å². The highest BCUT2D eigenvalue weighted by molar-refractivity contribution is 5.73. The van der Waals surface area contributed by atoms with E-state index in [0.29, 0.717) is 12.2 Å². The smallest absolute Gasteiger partial charge is 0.320 e. The van der Waals surface area contributed by atoms with E-state index in [1.807, 2.05) is 0 Å². The van der Waals surface area contributed by atoms with Gasteiger partial charge in [0.2, 0.25) is 0 Å². The predicted molar refractivity (Wildman–Crippen MR) is 74.6 cm³/mol. The summed E-state index contributed by atoms with van der Waals surface area (Å²) in [6, 6.07) is -0.931. The third kappa shape index (κ3) is 3.24. The molecule has 1 spiro atoms. The van der Waals surface area contributed by atoms with Gasteiger partial charge in [-0.05, 0) is 25.7 Å². The number of ether oxygens (including phenoxy) is 1. The van der Waals surface area contributed by atoms with Gasteiger partial charge in [0.05, 0.1) is 23.9 Å². The van der Waals surface area contributed by atoms with Gasteiger partial charge in [0.25, 0.3) is 0 Å². The van der Waals surface area contributed by atoms with Crippen molar-refractivity contribution in [2.24, 2.45) is 5.73 Å². The maximum Gasteiger partial charge on any atom is 0.320 e. The normalized spacial score (nSPS) is 25.5. The van der Waals surface area contributed by atoms with Crippen molar-refractivity contribution in [3.8, 4) is 0 Å². The third-order valence-electron chi connectivity index (χ3n) is 4.58. The van der Waals surface area contributed by atoms with E-state index in [0.717, 1.165) is 12.8 Å². The molecule has 2 heterocycles. The van der Waals surface area contributed by atoms with Gasteiger partial charge < -0.3 is 15.6 Å². The molecule has 1 saturated carbocycles. The van der Waals surface area contributed by atoms with Crippen LogP contribution in [0.15, 0.2) is 6.20 Å². The minimum Gasteiger partial charge on any atom is -0.480 e. The monoisotopic (exact) mass is 294 g/mol. The van der Waals surface area contributed by atoms with E-state index >= 15 is 0 Å². The SMILES string of the molecule is NC(Cc1cn(CC2CCC3(CCCC3)O2)nn1)C(=O)O. The Kier molecular flexibility index (Phi) is 3.95. The highest BCUT2D eigenvalue weighted by atomic mass is 16.5. The number of nitrogens with zero attached hydrogens (tertiary/aromatic N) is 3. The van der Waals surface area contributed by atoms with Crippen molar-refractivity contribution in [1.29, 1.82) is 0 Å². The van der Waals surface area contributed by atoms with Gasteiger partial charge in [0, 0.05) is 12.6 Å². The Bertz CT molecular complexity index is 510. The van der Waals surface area contributed by atoms with Crippen molar-refractivity contribution >= 4 is 5.97 Å². The molecule has 2 aliphatic rings. The van der Waals surface area contributed by atoms with Gasteiger partial charge in [0.1, 0.15) is 6.04 Å². The van der Waals surface area contributed by atoms with Crippen molar-refractivity contribution in [1.82, 2.24) is 15.0 Å². The second-order valence-electron chi connectivity index (χ2n) is 6.25. The fraction of sp³-hybridized carbons (Fsp3) is 0.786. The predicted octanol–water partition coefficient (Wildman–Crippen LogP) is 0.724. The zero-order valence-electron chi connectivity index (χ0n) is 12.1. The molecule has 1 aliphatic heterocycles. The van der Waals surface area contributed by atoms with Gasteiger partial charge >= 0.3 is 5.97 Å². The molecule has 3 rings (SSSR count). The third-order valence-corrected chi connectivity index (χ3v) is 4.58. The van der Waals surface area contributed by atoms with Crippen LogP contribution in [-0.2, 0) is 22.5 Å². The maximum absolute atomic E-state index is 10.7. The average Bonchev–Trinajstić information content (AvgIpc) is 3.15. The summed E-state index contributed by atoms with van der Waals surface area (Å²) in [6.45, 7) is 0.678. The van der Waals surface area contributed by atoms with Crippen molar-refractivity contribution < 1.29 is 14.6 Å². The maximum atomic E-state index is 10.7. The van der Waals surface area contributed by atoms with E-state index in [4.69, 9.17) is 15.6 Å². The molecule has 0 radical (unpaired) electrons. The largest absolute Gasteiger partial charge is 0.480 e. The highest BCUT2D eigenvalue weighted by Crippen LogP contribution is 2.43. The number of carbonyl (C=O) groups is 1. The van der Waals surface area contributed by atoms with Crippen LogP contribution in [0.1, 0.15) is 44.2 Å². The number of carboxylic acids is 1. The Morgan fingerprint density at radius 2 is 2.29 bits per heavy atom. The zero-order chi connectivity index (χ0) is 14.9. The van der Waals surface area contributed by atoms with Crippen LogP contribution in [0, 0.1) is 0 Å². The molecule has 1 aromatic heterocycles. The lowest BCUT2D eigenvalue weighted by molar-refractivity contribution is -0.138. The minimum atomic E-state index is -1.02. The molecular formula is C14H22N4O3. The lowest BCUT2D eigenvalue weighted by Gasteiger charge is -2.23. The molecule has 2 atom stereocenters. The molecular weight excluding hydrogens is 272 g/mol. The standard InChI is InChI=1S/C14H22N4O3/c15-12(13(19)20)7-10-8-18(17-16-10)9-11-3-6-14(21-11)4-1-2-5-14/h8,11-12H,1-7,9,15H2,(H,19,20). The average molecular weight is 294 g/mol. The van der Waals surface area contributed by atoms with E-state index < -0.39 is 12.0 Å². The number of hydrogen-bond donors (Lipinski definition) is 2. The summed E-state index contributed by atoms with van der Waals surface area (Å²) >= 11 is 0. The summed E-state index contributed by atoms with van der Waals surface area (Å²) < 4.78 is 7.97. The number of aromatic nitrogens is 3. The van der Waals surface area contributed by atoms with Gasteiger partial charge in [-0.25, -0.2) is 4.68 Å².